The van der Waals surface area contributed by atoms with Crippen LogP contribution in [-0.2, 0) is 13.1 Å². The molecule has 9 heteroatoms. The number of rotatable bonds is 6. The van der Waals surface area contributed by atoms with E-state index in [2.05, 4.69) is 20.4 Å². The first kappa shape index (κ1) is 17.3. The summed E-state index contributed by atoms with van der Waals surface area (Å²) in [6.45, 7) is -2.01. The Labute approximate surface area is 147 Å². The van der Waals surface area contributed by atoms with Crippen molar-refractivity contribution in [1.82, 2.24) is 10.6 Å². The van der Waals surface area contributed by atoms with Gasteiger partial charge in [-0.3, -0.25) is 4.99 Å². The topological polar surface area (TPSA) is 64.1 Å². The van der Waals surface area contributed by atoms with Gasteiger partial charge in [-0.1, -0.05) is 0 Å². The summed E-state index contributed by atoms with van der Waals surface area (Å²) in [5.41, 5.74) is 1.65. The maximum absolute atomic E-state index is 12.6. The third kappa shape index (κ3) is 4.50. The minimum atomic E-state index is -2.92. The molecule has 0 aliphatic carbocycles. The number of nitrogens with zero attached hydrogens (tertiary/aromatic N) is 1. The Morgan fingerprint density at radius 2 is 2.04 bits per heavy atom. The second-order valence-corrected chi connectivity index (χ2v) is 5.88. The van der Waals surface area contributed by atoms with Crippen LogP contribution in [0.4, 0.5) is 8.78 Å². The summed E-state index contributed by atoms with van der Waals surface area (Å²) >= 11 is 1.61. The molecular weight excluding hydrogens is 352 g/mol. The van der Waals surface area contributed by atoms with Gasteiger partial charge in [0.15, 0.2) is 17.5 Å². The zero-order valence-electron chi connectivity index (χ0n) is 13.4. The van der Waals surface area contributed by atoms with Crippen molar-refractivity contribution in [3.63, 3.8) is 0 Å². The maximum Gasteiger partial charge on any atom is 0.387 e. The van der Waals surface area contributed by atoms with Gasteiger partial charge in [0.05, 0.1) is 0 Å². The molecule has 1 aromatic heterocycles. The van der Waals surface area contributed by atoms with E-state index in [1.54, 1.807) is 24.5 Å². The Morgan fingerprint density at radius 1 is 1.28 bits per heavy atom. The van der Waals surface area contributed by atoms with Gasteiger partial charge in [0.2, 0.25) is 6.79 Å². The molecule has 0 atom stereocenters. The van der Waals surface area contributed by atoms with E-state index in [4.69, 9.17) is 9.47 Å². The van der Waals surface area contributed by atoms with Crippen molar-refractivity contribution >= 4 is 17.3 Å². The Morgan fingerprint density at radius 3 is 2.72 bits per heavy atom. The van der Waals surface area contributed by atoms with Gasteiger partial charge in [0.25, 0.3) is 0 Å². The molecule has 2 N–H and O–H groups in total. The van der Waals surface area contributed by atoms with Crippen molar-refractivity contribution in [2.75, 3.05) is 13.8 Å². The standard InChI is InChI=1S/C16H17F2N3O3S/c1-19-16(20-6-10-2-3-25-8-10)21-7-11-4-13-14(23-9-22-13)5-12(11)24-15(17)18/h2-5,8,15H,6-7,9H2,1H3,(H2,19,20,21). The molecule has 3 rings (SSSR count). The summed E-state index contributed by atoms with van der Waals surface area (Å²) in [5.74, 6) is 1.48. The zero-order valence-corrected chi connectivity index (χ0v) is 14.2. The minimum Gasteiger partial charge on any atom is -0.454 e. The van der Waals surface area contributed by atoms with Crippen LogP contribution in [-0.4, -0.2) is 26.4 Å². The lowest BCUT2D eigenvalue weighted by atomic mass is 10.1. The summed E-state index contributed by atoms with van der Waals surface area (Å²) in [7, 11) is 1.64. The first-order valence-corrected chi connectivity index (χ1v) is 8.43. The first-order valence-electron chi connectivity index (χ1n) is 7.48. The molecule has 0 radical (unpaired) electrons. The monoisotopic (exact) mass is 369 g/mol. The number of benzene rings is 1. The Bertz CT molecular complexity index is 738. The van der Waals surface area contributed by atoms with Gasteiger partial charge < -0.3 is 24.8 Å². The minimum absolute atomic E-state index is 0.0417. The van der Waals surface area contributed by atoms with E-state index >= 15 is 0 Å². The number of nitrogens with one attached hydrogen (secondary N) is 2. The highest BCUT2D eigenvalue weighted by Gasteiger charge is 2.20. The average Bonchev–Trinajstić information content (AvgIpc) is 3.25. The van der Waals surface area contributed by atoms with Gasteiger partial charge in [-0.05, 0) is 28.5 Å². The van der Waals surface area contributed by atoms with Crippen LogP contribution in [0, 0.1) is 0 Å². The second kappa shape index (κ2) is 8.02. The first-order chi connectivity index (χ1) is 12.2. The van der Waals surface area contributed by atoms with E-state index in [-0.39, 0.29) is 19.1 Å². The molecule has 1 aliphatic rings. The molecule has 134 valence electrons. The molecule has 0 saturated carbocycles. The SMILES string of the molecule is CN=C(NCc1ccsc1)NCc1cc2c(cc1OC(F)F)OCO2. The molecule has 2 heterocycles. The fourth-order valence-electron chi connectivity index (χ4n) is 2.29. The second-order valence-electron chi connectivity index (χ2n) is 5.10. The van der Waals surface area contributed by atoms with E-state index in [9.17, 15) is 8.78 Å². The largest absolute Gasteiger partial charge is 0.454 e. The van der Waals surface area contributed by atoms with Crippen LogP contribution in [0.3, 0.4) is 0 Å². The lowest BCUT2D eigenvalue weighted by molar-refractivity contribution is -0.0505. The summed E-state index contributed by atoms with van der Waals surface area (Å²) in [4.78, 5) is 4.12. The third-order valence-electron chi connectivity index (χ3n) is 3.48. The molecule has 1 aromatic carbocycles. The highest BCUT2D eigenvalue weighted by atomic mass is 32.1. The predicted molar refractivity (Wildman–Crippen MR) is 90.6 cm³/mol. The Hall–Kier alpha value is -2.55. The van der Waals surface area contributed by atoms with Gasteiger partial charge in [-0.2, -0.15) is 20.1 Å². The van der Waals surface area contributed by atoms with Crippen molar-refractivity contribution < 1.29 is 23.0 Å². The molecular formula is C16H17F2N3O3S. The maximum atomic E-state index is 12.6. The number of hydrogen-bond acceptors (Lipinski definition) is 5. The number of halogens is 2. The molecule has 1 aliphatic heterocycles. The van der Waals surface area contributed by atoms with E-state index in [1.807, 2.05) is 16.8 Å². The van der Waals surface area contributed by atoms with Crippen molar-refractivity contribution in [3.05, 3.63) is 40.1 Å². The predicted octanol–water partition coefficient (Wildman–Crippen LogP) is 2.94. The molecule has 2 aromatic rings. The Balaban J connectivity index is 1.66. The molecule has 0 fully saturated rings. The van der Waals surface area contributed by atoms with Crippen molar-refractivity contribution in [3.8, 4) is 17.2 Å². The molecule has 6 nitrogen and oxygen atoms in total. The lowest BCUT2D eigenvalue weighted by Gasteiger charge is -2.15. The average molecular weight is 369 g/mol. The van der Waals surface area contributed by atoms with Crippen LogP contribution in [0.2, 0.25) is 0 Å². The smallest absolute Gasteiger partial charge is 0.387 e. The quantitative estimate of drug-likeness (QED) is 0.606. The van der Waals surface area contributed by atoms with Crippen molar-refractivity contribution in [2.24, 2.45) is 4.99 Å². The molecule has 25 heavy (non-hydrogen) atoms. The number of alkyl halides is 2. The fourth-order valence-corrected chi connectivity index (χ4v) is 2.96. The van der Waals surface area contributed by atoms with Crippen molar-refractivity contribution in [1.29, 1.82) is 0 Å². The Kier molecular flexibility index (Phi) is 5.54. The van der Waals surface area contributed by atoms with Crippen LogP contribution >= 0.6 is 11.3 Å². The number of fused-ring (bicyclic) bond motifs is 1. The normalized spacial score (nSPS) is 13.2. The van der Waals surface area contributed by atoms with Gasteiger partial charge in [0, 0.05) is 31.8 Å². The van der Waals surface area contributed by atoms with E-state index in [0.29, 0.717) is 29.6 Å². The number of hydrogen-bond donors (Lipinski definition) is 2. The van der Waals surface area contributed by atoms with Crippen LogP contribution in [0.15, 0.2) is 34.0 Å². The number of aliphatic imine (C=N–C) groups is 1. The molecule has 0 bridgehead atoms. The van der Waals surface area contributed by atoms with Crippen molar-refractivity contribution in [2.45, 2.75) is 19.7 Å². The van der Waals surface area contributed by atoms with Crippen LogP contribution in [0.1, 0.15) is 11.1 Å². The molecule has 0 amide bonds. The van der Waals surface area contributed by atoms with Gasteiger partial charge in [-0.15, -0.1) is 0 Å². The summed E-state index contributed by atoms with van der Waals surface area (Å²) in [6, 6.07) is 5.05. The van der Waals surface area contributed by atoms with Crippen LogP contribution in [0.25, 0.3) is 0 Å². The summed E-state index contributed by atoms with van der Waals surface area (Å²) in [6.07, 6.45) is 0. The summed E-state index contributed by atoms with van der Waals surface area (Å²) < 4.78 is 40.4. The van der Waals surface area contributed by atoms with Gasteiger partial charge in [0.1, 0.15) is 5.75 Å². The van der Waals surface area contributed by atoms with E-state index < -0.39 is 6.61 Å². The van der Waals surface area contributed by atoms with Gasteiger partial charge in [-0.25, -0.2) is 0 Å². The molecule has 0 unspecified atom stereocenters. The summed E-state index contributed by atoms with van der Waals surface area (Å²) in [5, 5.41) is 10.3. The van der Waals surface area contributed by atoms with Gasteiger partial charge >= 0.3 is 6.61 Å². The highest BCUT2D eigenvalue weighted by molar-refractivity contribution is 7.07. The number of ether oxygens (including phenoxy) is 3. The van der Waals surface area contributed by atoms with Crippen LogP contribution < -0.4 is 24.8 Å². The van der Waals surface area contributed by atoms with E-state index in [1.165, 1.54) is 6.07 Å². The highest BCUT2D eigenvalue weighted by Crippen LogP contribution is 2.38. The van der Waals surface area contributed by atoms with Crippen LogP contribution in [0.5, 0.6) is 17.2 Å². The number of thiophene rings is 1. The third-order valence-corrected chi connectivity index (χ3v) is 4.21. The van der Waals surface area contributed by atoms with E-state index in [0.717, 1.165) is 5.56 Å². The fraction of sp³-hybridized carbons (Fsp3) is 0.312. The number of guanidine groups is 1. The molecule has 0 spiro atoms. The lowest BCUT2D eigenvalue weighted by Crippen LogP contribution is -2.36. The zero-order chi connectivity index (χ0) is 17.6. The molecule has 0 saturated heterocycles.